The molecule has 0 saturated carbocycles. The van der Waals surface area contributed by atoms with Gasteiger partial charge in [0.05, 0.1) is 5.52 Å². The van der Waals surface area contributed by atoms with Crippen molar-refractivity contribution in [3.63, 3.8) is 0 Å². The monoisotopic (exact) mass is 339 g/mol. The molecule has 1 aromatic heterocycles. The Morgan fingerprint density at radius 1 is 0.958 bits per heavy atom. The molecule has 0 aliphatic carbocycles. The van der Waals surface area contributed by atoms with Gasteiger partial charge in [0, 0.05) is 23.9 Å². The molecule has 2 aromatic carbocycles. The molecule has 3 rings (SSSR count). The first kappa shape index (κ1) is 16.8. The van der Waals surface area contributed by atoms with E-state index in [9.17, 15) is 4.79 Å². The molecule has 126 valence electrons. The third-order valence-corrected chi connectivity index (χ3v) is 9.62. The summed E-state index contributed by atoms with van der Waals surface area (Å²) in [7, 11) is -0.0785. The summed E-state index contributed by atoms with van der Waals surface area (Å²) in [4.78, 5) is 12.6. The molecule has 0 aliphatic rings. The lowest BCUT2D eigenvalue weighted by Crippen LogP contribution is -2.43. The van der Waals surface area contributed by atoms with Crippen LogP contribution in [0.1, 0.15) is 20.8 Å². The van der Waals surface area contributed by atoms with E-state index in [1.165, 1.54) is 0 Å². The van der Waals surface area contributed by atoms with Crippen LogP contribution in [0.4, 0.5) is 0 Å². The maximum atomic E-state index is 12.6. The van der Waals surface area contributed by atoms with Gasteiger partial charge in [0.2, 0.25) is 8.32 Å². The SMILES string of the molecule is Cn1c(=O)c2ccccc2c2ccc(O[Si](C)(C)C(C)(C)C)cc21. The summed E-state index contributed by atoms with van der Waals surface area (Å²) in [6.45, 7) is 11.1. The predicted molar refractivity (Wildman–Crippen MR) is 105 cm³/mol. The Kier molecular flexibility index (Phi) is 3.83. The van der Waals surface area contributed by atoms with Crippen molar-refractivity contribution >= 4 is 30.0 Å². The van der Waals surface area contributed by atoms with Crippen LogP contribution in [-0.4, -0.2) is 12.9 Å². The fourth-order valence-electron chi connectivity index (χ4n) is 2.72. The Bertz CT molecular complexity index is 980. The molecule has 4 heteroatoms. The normalized spacial score (nSPS) is 12.8. The minimum Gasteiger partial charge on any atom is -0.543 e. The fourth-order valence-corrected chi connectivity index (χ4v) is 3.74. The highest BCUT2D eigenvalue weighted by Gasteiger charge is 2.39. The van der Waals surface area contributed by atoms with Crippen LogP contribution in [-0.2, 0) is 7.05 Å². The summed E-state index contributed by atoms with van der Waals surface area (Å²) in [5.41, 5.74) is 0.942. The molecule has 0 saturated heterocycles. The van der Waals surface area contributed by atoms with Crippen LogP contribution in [0.25, 0.3) is 21.7 Å². The van der Waals surface area contributed by atoms with Crippen LogP contribution in [0.5, 0.6) is 5.75 Å². The van der Waals surface area contributed by atoms with Crippen molar-refractivity contribution in [3.05, 3.63) is 52.8 Å². The summed E-state index contributed by atoms with van der Waals surface area (Å²) in [5.74, 6) is 0.847. The molecule has 0 radical (unpaired) electrons. The molecule has 0 bridgehead atoms. The first-order valence-corrected chi connectivity index (χ1v) is 11.2. The Hall–Kier alpha value is -2.07. The lowest BCUT2D eigenvalue weighted by atomic mass is 10.1. The topological polar surface area (TPSA) is 31.2 Å². The van der Waals surface area contributed by atoms with Crippen molar-refractivity contribution in [1.29, 1.82) is 0 Å². The van der Waals surface area contributed by atoms with Gasteiger partial charge in [-0.25, -0.2) is 0 Å². The highest BCUT2D eigenvalue weighted by molar-refractivity contribution is 6.74. The van der Waals surface area contributed by atoms with Gasteiger partial charge in [-0.05, 0) is 41.7 Å². The van der Waals surface area contributed by atoms with Crippen molar-refractivity contribution in [1.82, 2.24) is 4.57 Å². The van der Waals surface area contributed by atoms with Gasteiger partial charge in [0.1, 0.15) is 5.75 Å². The highest BCUT2D eigenvalue weighted by Crippen LogP contribution is 2.38. The molecule has 0 fully saturated rings. The molecule has 0 unspecified atom stereocenters. The number of aromatic nitrogens is 1. The number of rotatable bonds is 2. The first-order chi connectivity index (χ1) is 11.1. The maximum Gasteiger partial charge on any atom is 0.258 e. The van der Waals surface area contributed by atoms with Crippen LogP contribution in [0.3, 0.4) is 0 Å². The average molecular weight is 340 g/mol. The van der Waals surface area contributed by atoms with E-state index in [4.69, 9.17) is 4.43 Å². The summed E-state index contributed by atoms with van der Waals surface area (Å²) in [6.07, 6.45) is 0. The van der Waals surface area contributed by atoms with E-state index >= 15 is 0 Å². The van der Waals surface area contributed by atoms with Gasteiger partial charge in [0.25, 0.3) is 5.56 Å². The van der Waals surface area contributed by atoms with Crippen molar-refractivity contribution in [3.8, 4) is 5.75 Å². The molecule has 3 nitrogen and oxygen atoms in total. The second-order valence-electron chi connectivity index (χ2n) is 7.95. The van der Waals surface area contributed by atoms with Gasteiger partial charge in [-0.3, -0.25) is 4.79 Å². The zero-order valence-electron chi connectivity index (χ0n) is 15.3. The number of hydrogen-bond acceptors (Lipinski definition) is 2. The van der Waals surface area contributed by atoms with E-state index in [0.717, 1.165) is 27.4 Å². The van der Waals surface area contributed by atoms with Crippen LogP contribution < -0.4 is 9.99 Å². The Morgan fingerprint density at radius 3 is 2.21 bits per heavy atom. The minimum atomic E-state index is -1.91. The lowest BCUT2D eigenvalue weighted by Gasteiger charge is -2.36. The average Bonchev–Trinajstić information content (AvgIpc) is 2.51. The smallest absolute Gasteiger partial charge is 0.258 e. The molecular weight excluding hydrogens is 314 g/mol. The van der Waals surface area contributed by atoms with Crippen molar-refractivity contribution in [2.24, 2.45) is 7.05 Å². The van der Waals surface area contributed by atoms with E-state index in [1.54, 1.807) is 4.57 Å². The van der Waals surface area contributed by atoms with Crippen LogP contribution in [0.15, 0.2) is 47.3 Å². The van der Waals surface area contributed by atoms with Crippen molar-refractivity contribution in [2.45, 2.75) is 38.9 Å². The number of fused-ring (bicyclic) bond motifs is 3. The van der Waals surface area contributed by atoms with Gasteiger partial charge in [-0.2, -0.15) is 0 Å². The molecule has 0 amide bonds. The Labute approximate surface area is 144 Å². The van der Waals surface area contributed by atoms with Crippen LogP contribution >= 0.6 is 0 Å². The Balaban J connectivity index is 2.21. The van der Waals surface area contributed by atoms with E-state index in [-0.39, 0.29) is 10.6 Å². The third kappa shape index (κ3) is 2.65. The molecular formula is C20H25NO2Si. The van der Waals surface area contributed by atoms with Gasteiger partial charge >= 0.3 is 0 Å². The predicted octanol–water partition coefficient (Wildman–Crippen LogP) is 5.08. The van der Waals surface area contributed by atoms with Crippen molar-refractivity contribution in [2.75, 3.05) is 0 Å². The summed E-state index contributed by atoms with van der Waals surface area (Å²) in [5, 5.41) is 2.97. The summed E-state index contributed by atoms with van der Waals surface area (Å²) in [6, 6.07) is 13.9. The number of pyridine rings is 1. The Morgan fingerprint density at radius 2 is 1.58 bits per heavy atom. The van der Waals surface area contributed by atoms with E-state index in [2.05, 4.69) is 39.9 Å². The number of benzene rings is 2. The lowest BCUT2D eigenvalue weighted by molar-refractivity contribution is 0.492. The van der Waals surface area contributed by atoms with Gasteiger partial charge in [-0.15, -0.1) is 0 Å². The van der Waals surface area contributed by atoms with E-state index in [1.807, 2.05) is 43.4 Å². The van der Waals surface area contributed by atoms with Crippen LogP contribution in [0, 0.1) is 0 Å². The molecule has 0 atom stereocenters. The van der Waals surface area contributed by atoms with Gasteiger partial charge in [0.15, 0.2) is 0 Å². The highest BCUT2D eigenvalue weighted by atomic mass is 28.4. The molecule has 0 N–H and O–H groups in total. The number of hydrogen-bond donors (Lipinski definition) is 0. The van der Waals surface area contributed by atoms with Gasteiger partial charge < -0.3 is 8.99 Å². The zero-order chi connectivity index (χ0) is 17.7. The zero-order valence-corrected chi connectivity index (χ0v) is 16.3. The maximum absolute atomic E-state index is 12.6. The third-order valence-electron chi connectivity index (χ3n) is 5.26. The molecule has 1 heterocycles. The number of aryl methyl sites for hydroxylation is 1. The first-order valence-electron chi connectivity index (χ1n) is 8.32. The van der Waals surface area contributed by atoms with Gasteiger partial charge in [-0.1, -0.05) is 39.0 Å². The standard InChI is InChI=1S/C20H25NO2Si/c1-20(2,3)24(5,6)23-14-11-12-16-15-9-7-8-10-17(15)19(22)21(4)18(16)13-14/h7-13H,1-6H3. The minimum absolute atomic E-state index is 0.0302. The number of nitrogens with zero attached hydrogens (tertiary/aromatic N) is 1. The van der Waals surface area contributed by atoms with Crippen LogP contribution in [0.2, 0.25) is 18.1 Å². The summed E-state index contributed by atoms with van der Waals surface area (Å²) < 4.78 is 8.12. The van der Waals surface area contributed by atoms with E-state index in [0.29, 0.717) is 0 Å². The quantitative estimate of drug-likeness (QED) is 0.482. The molecule has 0 aliphatic heterocycles. The summed E-state index contributed by atoms with van der Waals surface area (Å²) >= 11 is 0. The van der Waals surface area contributed by atoms with E-state index < -0.39 is 8.32 Å². The largest absolute Gasteiger partial charge is 0.543 e. The molecule has 24 heavy (non-hydrogen) atoms. The molecule has 3 aromatic rings. The van der Waals surface area contributed by atoms with Crippen molar-refractivity contribution < 1.29 is 4.43 Å². The molecule has 0 spiro atoms. The second-order valence-corrected chi connectivity index (χ2v) is 12.7. The second kappa shape index (κ2) is 5.48. The fraction of sp³-hybridized carbons (Fsp3) is 0.350.